The lowest BCUT2D eigenvalue weighted by molar-refractivity contribution is -0.138. The van der Waals surface area contributed by atoms with Gasteiger partial charge in [0.25, 0.3) is 0 Å². The minimum atomic E-state index is -0.802. The van der Waals surface area contributed by atoms with E-state index in [1.165, 1.54) is 0 Å². The molecule has 1 heterocycles. The van der Waals surface area contributed by atoms with Crippen molar-refractivity contribution in [3.63, 3.8) is 0 Å². The molecular weight excluding hydrogens is 496 g/mol. The number of hydrogen-bond acceptors (Lipinski definition) is 6. The van der Waals surface area contributed by atoms with Gasteiger partial charge in [-0.05, 0) is 85.2 Å². The van der Waals surface area contributed by atoms with Crippen molar-refractivity contribution in [3.8, 4) is 28.4 Å². The van der Waals surface area contributed by atoms with E-state index in [1.807, 2.05) is 36.4 Å². The molecule has 0 amide bonds. The van der Waals surface area contributed by atoms with Gasteiger partial charge in [-0.1, -0.05) is 24.3 Å². The maximum absolute atomic E-state index is 11.4. The Morgan fingerprint density at radius 2 is 1.79 bits per heavy atom. The first-order valence-electron chi connectivity index (χ1n) is 13.5. The lowest BCUT2D eigenvalue weighted by atomic mass is 9.90. The van der Waals surface area contributed by atoms with Gasteiger partial charge in [0.1, 0.15) is 29.5 Å². The van der Waals surface area contributed by atoms with Crippen LogP contribution in [0.2, 0.25) is 0 Å². The SMILES string of the molecule is Cc1cc(OCC[C@H](O)CO)cc(C)c1-c1cccc(COc2ccc3c(c2)OC2(CC2)C3CC(=O)O)c1C. The quantitative estimate of drug-likeness (QED) is 0.301. The predicted octanol–water partition coefficient (Wildman–Crippen LogP) is 5.46. The zero-order valence-corrected chi connectivity index (χ0v) is 22.7. The van der Waals surface area contributed by atoms with E-state index in [-0.39, 0.29) is 24.5 Å². The molecule has 1 aliphatic heterocycles. The molecule has 7 nitrogen and oxygen atoms in total. The number of carboxylic acids is 1. The van der Waals surface area contributed by atoms with Crippen molar-refractivity contribution in [3.05, 3.63) is 76.3 Å². The van der Waals surface area contributed by atoms with Gasteiger partial charge in [0.15, 0.2) is 0 Å². The van der Waals surface area contributed by atoms with Gasteiger partial charge < -0.3 is 29.5 Å². The van der Waals surface area contributed by atoms with Crippen LogP contribution in [0.25, 0.3) is 11.1 Å². The standard InChI is InChI=1S/C32H36O7/c1-19-13-25(37-12-9-23(34)17-33)14-20(2)31(19)26-6-4-5-22(21(26)3)18-38-24-7-8-27-28(16-30(35)36)32(10-11-32)39-29(27)15-24/h4-8,13-15,23,28,33-34H,9-12,16-18H2,1-3H3,(H,35,36)/t23-,28?/m0/s1. The highest BCUT2D eigenvalue weighted by Gasteiger charge is 2.57. The van der Waals surface area contributed by atoms with E-state index < -0.39 is 12.1 Å². The Kier molecular flexibility index (Phi) is 7.56. The second-order valence-corrected chi connectivity index (χ2v) is 10.8. The topological polar surface area (TPSA) is 105 Å². The van der Waals surface area contributed by atoms with Crippen LogP contribution in [-0.2, 0) is 11.4 Å². The van der Waals surface area contributed by atoms with Crippen LogP contribution in [0.15, 0.2) is 48.5 Å². The molecule has 2 atom stereocenters. The Bertz CT molecular complexity index is 1350. The van der Waals surface area contributed by atoms with Crippen molar-refractivity contribution in [2.75, 3.05) is 13.2 Å². The highest BCUT2D eigenvalue weighted by molar-refractivity contribution is 5.75. The minimum absolute atomic E-state index is 0.0813. The number of carbonyl (C=O) groups is 1. The summed E-state index contributed by atoms with van der Waals surface area (Å²) in [5, 5.41) is 27.9. The fraction of sp³-hybridized carbons (Fsp3) is 0.406. The molecule has 1 fully saturated rings. The molecule has 3 aromatic rings. The Hall–Kier alpha value is -3.55. The van der Waals surface area contributed by atoms with Gasteiger partial charge in [-0.15, -0.1) is 0 Å². The molecule has 5 rings (SSSR count). The van der Waals surface area contributed by atoms with Crippen molar-refractivity contribution in [1.82, 2.24) is 0 Å². The van der Waals surface area contributed by atoms with E-state index in [0.29, 0.717) is 25.4 Å². The monoisotopic (exact) mass is 532 g/mol. The Morgan fingerprint density at radius 1 is 1.05 bits per heavy atom. The molecule has 1 unspecified atom stereocenters. The molecule has 0 bridgehead atoms. The Labute approximate surface area is 229 Å². The molecule has 1 aliphatic carbocycles. The minimum Gasteiger partial charge on any atom is -0.493 e. The number of fused-ring (bicyclic) bond motifs is 1. The number of aryl methyl sites for hydroxylation is 2. The third kappa shape index (κ3) is 5.60. The number of carboxylic acid groups (broad SMARTS) is 1. The molecule has 1 saturated carbocycles. The third-order valence-electron chi connectivity index (χ3n) is 7.98. The molecule has 3 aromatic carbocycles. The first-order chi connectivity index (χ1) is 18.7. The Balaban J connectivity index is 1.30. The van der Waals surface area contributed by atoms with Crippen LogP contribution in [0.3, 0.4) is 0 Å². The van der Waals surface area contributed by atoms with E-state index in [9.17, 15) is 15.0 Å². The summed E-state index contributed by atoms with van der Waals surface area (Å²) in [6.07, 6.45) is 1.46. The lowest BCUT2D eigenvalue weighted by Crippen LogP contribution is -2.22. The van der Waals surface area contributed by atoms with E-state index >= 15 is 0 Å². The summed E-state index contributed by atoms with van der Waals surface area (Å²) < 4.78 is 18.2. The Morgan fingerprint density at radius 3 is 2.46 bits per heavy atom. The van der Waals surface area contributed by atoms with Crippen molar-refractivity contribution in [1.29, 1.82) is 0 Å². The van der Waals surface area contributed by atoms with Gasteiger partial charge in [-0.3, -0.25) is 4.79 Å². The molecule has 7 heteroatoms. The summed E-state index contributed by atoms with van der Waals surface area (Å²) in [5.41, 5.74) is 7.31. The van der Waals surface area contributed by atoms with Crippen molar-refractivity contribution in [2.45, 2.75) is 70.7 Å². The van der Waals surface area contributed by atoms with Gasteiger partial charge in [0.05, 0.1) is 25.7 Å². The molecule has 0 saturated heterocycles. The van der Waals surface area contributed by atoms with Crippen molar-refractivity contribution < 1.29 is 34.3 Å². The van der Waals surface area contributed by atoms with Crippen molar-refractivity contribution in [2.24, 2.45) is 0 Å². The van der Waals surface area contributed by atoms with Crippen LogP contribution >= 0.6 is 0 Å². The molecule has 3 N–H and O–H groups in total. The van der Waals surface area contributed by atoms with Gasteiger partial charge in [-0.2, -0.15) is 0 Å². The molecule has 39 heavy (non-hydrogen) atoms. The molecule has 0 radical (unpaired) electrons. The summed E-state index contributed by atoms with van der Waals surface area (Å²) in [6, 6.07) is 16.0. The summed E-state index contributed by atoms with van der Waals surface area (Å²) >= 11 is 0. The second kappa shape index (κ2) is 10.9. The average molecular weight is 533 g/mol. The van der Waals surface area contributed by atoms with E-state index in [1.54, 1.807) is 0 Å². The van der Waals surface area contributed by atoms with Crippen molar-refractivity contribution >= 4 is 5.97 Å². The predicted molar refractivity (Wildman–Crippen MR) is 148 cm³/mol. The number of aliphatic hydroxyl groups excluding tert-OH is 2. The zero-order valence-electron chi connectivity index (χ0n) is 22.7. The lowest BCUT2D eigenvalue weighted by Gasteiger charge is -2.18. The maximum atomic E-state index is 11.4. The first kappa shape index (κ1) is 27.0. The number of rotatable bonds is 11. The maximum Gasteiger partial charge on any atom is 0.304 e. The smallest absolute Gasteiger partial charge is 0.304 e. The van der Waals surface area contributed by atoms with E-state index in [4.69, 9.17) is 19.3 Å². The number of ether oxygens (including phenoxy) is 3. The summed E-state index contributed by atoms with van der Waals surface area (Å²) in [4.78, 5) is 11.4. The number of benzene rings is 3. The molecular formula is C32H36O7. The third-order valence-corrected chi connectivity index (χ3v) is 7.98. The van der Waals surface area contributed by atoms with E-state index in [2.05, 4.69) is 32.9 Å². The van der Waals surface area contributed by atoms with Crippen LogP contribution in [0.1, 0.15) is 59.4 Å². The van der Waals surface area contributed by atoms with Crippen LogP contribution in [-0.4, -0.2) is 46.2 Å². The highest BCUT2D eigenvalue weighted by atomic mass is 16.5. The first-order valence-corrected chi connectivity index (χ1v) is 13.5. The molecule has 0 aromatic heterocycles. The highest BCUT2D eigenvalue weighted by Crippen LogP contribution is 2.59. The number of aliphatic carboxylic acids is 1. The average Bonchev–Trinajstić information content (AvgIpc) is 3.61. The molecule has 2 aliphatic rings. The van der Waals surface area contributed by atoms with Gasteiger partial charge >= 0.3 is 5.97 Å². The van der Waals surface area contributed by atoms with Crippen LogP contribution < -0.4 is 14.2 Å². The fourth-order valence-corrected chi connectivity index (χ4v) is 5.71. The fourth-order valence-electron chi connectivity index (χ4n) is 5.71. The summed E-state index contributed by atoms with van der Waals surface area (Å²) in [5.74, 6) is 1.28. The van der Waals surface area contributed by atoms with Crippen LogP contribution in [0, 0.1) is 20.8 Å². The number of aliphatic hydroxyl groups is 2. The van der Waals surface area contributed by atoms with Gasteiger partial charge in [0, 0.05) is 24.0 Å². The molecule has 206 valence electrons. The zero-order chi connectivity index (χ0) is 27.7. The largest absolute Gasteiger partial charge is 0.493 e. The van der Waals surface area contributed by atoms with E-state index in [0.717, 1.165) is 63.3 Å². The van der Waals surface area contributed by atoms with Gasteiger partial charge in [-0.25, -0.2) is 0 Å². The van der Waals surface area contributed by atoms with Gasteiger partial charge in [0.2, 0.25) is 0 Å². The molecule has 1 spiro atoms. The summed E-state index contributed by atoms with van der Waals surface area (Å²) in [6.45, 7) is 6.69. The second-order valence-electron chi connectivity index (χ2n) is 10.8. The normalized spacial score (nSPS) is 17.4. The number of hydrogen-bond donors (Lipinski definition) is 3. The van der Waals surface area contributed by atoms with Crippen LogP contribution in [0.4, 0.5) is 0 Å². The summed E-state index contributed by atoms with van der Waals surface area (Å²) in [7, 11) is 0. The van der Waals surface area contributed by atoms with Crippen LogP contribution in [0.5, 0.6) is 17.2 Å².